The van der Waals surface area contributed by atoms with Gasteiger partial charge in [-0.2, -0.15) is 13.2 Å². The number of aromatic nitrogens is 2. The topological polar surface area (TPSA) is 66.9 Å². The molecule has 2 aromatic heterocycles. The summed E-state index contributed by atoms with van der Waals surface area (Å²) in [6, 6.07) is 14.9. The maximum atomic E-state index is 13.0. The van der Waals surface area contributed by atoms with Crippen molar-refractivity contribution in [3.8, 4) is 10.4 Å². The predicted octanol–water partition coefficient (Wildman–Crippen LogP) is 7.18. The molecule has 0 aliphatic rings. The zero-order chi connectivity index (χ0) is 23.6. The molecule has 0 spiro atoms. The average Bonchev–Trinajstić information content (AvgIpc) is 3.13. The third kappa shape index (κ3) is 5.50. The van der Waals surface area contributed by atoms with Gasteiger partial charge >= 0.3 is 6.18 Å². The molecule has 0 aliphatic carbocycles. The summed E-state index contributed by atoms with van der Waals surface area (Å²) >= 11 is 7.22. The third-order valence-electron chi connectivity index (χ3n) is 4.59. The molecule has 0 aliphatic heterocycles. The van der Waals surface area contributed by atoms with Gasteiger partial charge in [0.15, 0.2) is 5.13 Å². The van der Waals surface area contributed by atoms with Crippen LogP contribution in [0.2, 0.25) is 5.02 Å². The Morgan fingerprint density at radius 3 is 2.61 bits per heavy atom. The van der Waals surface area contributed by atoms with Crippen LogP contribution in [0.5, 0.6) is 0 Å². The molecule has 2 N–H and O–H groups in total. The molecule has 2 heterocycles. The van der Waals surface area contributed by atoms with Crippen LogP contribution in [0.25, 0.3) is 10.4 Å². The van der Waals surface area contributed by atoms with E-state index >= 15 is 0 Å². The highest BCUT2D eigenvalue weighted by Gasteiger charge is 2.30. The smallest absolute Gasteiger partial charge is 0.340 e. The number of hydrogen-bond acceptors (Lipinski definition) is 5. The van der Waals surface area contributed by atoms with Crippen LogP contribution in [-0.4, -0.2) is 15.9 Å². The normalized spacial score (nSPS) is 11.3. The van der Waals surface area contributed by atoms with Crippen LogP contribution in [0.3, 0.4) is 0 Å². The Morgan fingerprint density at radius 1 is 1.06 bits per heavy atom. The zero-order valence-corrected chi connectivity index (χ0v) is 18.6. The van der Waals surface area contributed by atoms with Gasteiger partial charge in [0.2, 0.25) is 0 Å². The molecule has 5 nitrogen and oxygen atoms in total. The summed E-state index contributed by atoms with van der Waals surface area (Å²) < 4.78 is 38.9. The molecule has 33 heavy (non-hydrogen) atoms. The molecule has 4 aromatic rings. The fourth-order valence-corrected chi connectivity index (χ4v) is 4.23. The van der Waals surface area contributed by atoms with Crippen LogP contribution in [-0.2, 0) is 6.18 Å². The lowest BCUT2D eigenvalue weighted by Gasteiger charge is -2.10. The van der Waals surface area contributed by atoms with Gasteiger partial charge in [0.1, 0.15) is 5.82 Å². The van der Waals surface area contributed by atoms with E-state index < -0.39 is 11.7 Å². The lowest BCUT2D eigenvalue weighted by Crippen LogP contribution is -2.11. The Balaban J connectivity index is 1.54. The average molecular weight is 489 g/mol. The zero-order valence-electron chi connectivity index (χ0n) is 17.1. The summed E-state index contributed by atoms with van der Waals surface area (Å²) in [7, 11) is 0. The van der Waals surface area contributed by atoms with Gasteiger partial charge in [-0.15, -0.1) is 0 Å². The van der Waals surface area contributed by atoms with E-state index in [1.54, 1.807) is 49.5 Å². The highest BCUT2D eigenvalue weighted by molar-refractivity contribution is 7.19. The van der Waals surface area contributed by atoms with E-state index in [0.717, 1.165) is 22.6 Å². The van der Waals surface area contributed by atoms with Crippen LogP contribution in [0.4, 0.5) is 29.8 Å². The van der Waals surface area contributed by atoms with Crippen LogP contribution in [0.15, 0.2) is 66.9 Å². The lowest BCUT2D eigenvalue weighted by molar-refractivity contribution is -0.137. The number of hydrogen-bond donors (Lipinski definition) is 2. The minimum absolute atomic E-state index is 0.268. The predicted molar refractivity (Wildman–Crippen MR) is 124 cm³/mol. The van der Waals surface area contributed by atoms with E-state index in [1.165, 1.54) is 23.5 Å². The van der Waals surface area contributed by atoms with E-state index in [9.17, 15) is 18.0 Å². The number of thiazole rings is 1. The largest absolute Gasteiger partial charge is 0.416 e. The fourth-order valence-electron chi connectivity index (χ4n) is 3.08. The van der Waals surface area contributed by atoms with Crippen molar-refractivity contribution >= 4 is 45.5 Å². The van der Waals surface area contributed by atoms with Gasteiger partial charge in [-0.25, -0.2) is 9.97 Å². The summed E-state index contributed by atoms with van der Waals surface area (Å²) in [6.07, 6.45) is -2.88. The van der Waals surface area contributed by atoms with Gasteiger partial charge < -0.3 is 5.32 Å². The molecule has 2 aromatic carbocycles. The number of carbonyl (C=O) groups is 1. The number of alkyl halides is 3. The second-order valence-corrected chi connectivity index (χ2v) is 8.47. The Bertz CT molecular complexity index is 1320. The van der Waals surface area contributed by atoms with Gasteiger partial charge in [0, 0.05) is 22.5 Å². The van der Waals surface area contributed by atoms with Crippen molar-refractivity contribution in [2.75, 3.05) is 10.6 Å². The molecule has 168 valence electrons. The molecule has 10 heteroatoms. The van der Waals surface area contributed by atoms with Gasteiger partial charge in [-0.05, 0) is 61.0 Å². The van der Waals surface area contributed by atoms with Crippen molar-refractivity contribution in [2.24, 2.45) is 0 Å². The number of nitrogens with one attached hydrogen (secondary N) is 2. The number of anilines is 3. The monoisotopic (exact) mass is 488 g/mol. The minimum Gasteiger partial charge on any atom is -0.340 e. The summed E-state index contributed by atoms with van der Waals surface area (Å²) in [5, 5.41) is 6.53. The molecular formula is C23H16ClF3N4OS. The first kappa shape index (κ1) is 22.8. The van der Waals surface area contributed by atoms with Gasteiger partial charge in [-0.1, -0.05) is 35.1 Å². The highest BCUT2D eigenvalue weighted by atomic mass is 35.5. The van der Waals surface area contributed by atoms with E-state index in [1.807, 2.05) is 0 Å². The summed E-state index contributed by atoms with van der Waals surface area (Å²) in [6.45, 7) is 1.81. The molecule has 0 bridgehead atoms. The second kappa shape index (κ2) is 9.21. The molecule has 0 unspecified atom stereocenters. The summed E-state index contributed by atoms with van der Waals surface area (Å²) in [4.78, 5) is 21.9. The van der Waals surface area contributed by atoms with Crippen LogP contribution >= 0.6 is 22.9 Å². The first-order chi connectivity index (χ1) is 15.7. The lowest BCUT2D eigenvalue weighted by atomic mass is 10.2. The first-order valence-electron chi connectivity index (χ1n) is 9.64. The SMILES string of the molecule is Cc1nc(NC(=O)c2cccc(Cl)c2)sc1-c1ccnc(Nc2cccc(C(F)(F)F)c2)c1. The van der Waals surface area contributed by atoms with Crippen LogP contribution in [0.1, 0.15) is 21.6 Å². The van der Waals surface area contributed by atoms with Gasteiger partial charge in [0.05, 0.1) is 16.1 Å². The molecule has 0 fully saturated rings. The first-order valence-corrected chi connectivity index (χ1v) is 10.8. The number of halogens is 4. The Morgan fingerprint density at radius 2 is 1.85 bits per heavy atom. The number of amides is 1. The Kier molecular flexibility index (Phi) is 6.35. The van der Waals surface area contributed by atoms with Crippen molar-refractivity contribution < 1.29 is 18.0 Å². The maximum Gasteiger partial charge on any atom is 0.416 e. The van der Waals surface area contributed by atoms with E-state index in [-0.39, 0.29) is 11.6 Å². The third-order valence-corrected chi connectivity index (χ3v) is 5.95. The number of carbonyl (C=O) groups excluding carboxylic acids is 1. The standard InChI is InChI=1S/C23H16ClF3N4OS/c1-13-20(33-22(29-13)31-21(32)15-4-2-6-17(24)10-15)14-8-9-28-19(11-14)30-18-7-3-5-16(12-18)23(25,26)27/h2-12H,1H3,(H,28,30)(H,29,31,32). The van der Waals surface area contributed by atoms with Crippen molar-refractivity contribution in [1.29, 1.82) is 0 Å². The van der Waals surface area contributed by atoms with E-state index in [0.29, 0.717) is 27.2 Å². The van der Waals surface area contributed by atoms with Crippen molar-refractivity contribution in [3.63, 3.8) is 0 Å². The molecule has 0 saturated heterocycles. The number of aryl methyl sites for hydroxylation is 1. The minimum atomic E-state index is -4.43. The highest BCUT2D eigenvalue weighted by Crippen LogP contribution is 2.35. The quantitative estimate of drug-likeness (QED) is 0.312. The molecule has 1 amide bonds. The Hall–Kier alpha value is -3.43. The molecule has 0 saturated carbocycles. The summed E-state index contributed by atoms with van der Waals surface area (Å²) in [5.74, 6) is 0.0450. The Labute approximate surface area is 196 Å². The van der Waals surface area contributed by atoms with Gasteiger partial charge in [0.25, 0.3) is 5.91 Å². The second-order valence-electron chi connectivity index (χ2n) is 7.03. The fraction of sp³-hybridized carbons (Fsp3) is 0.0870. The van der Waals surface area contributed by atoms with Crippen molar-refractivity contribution in [1.82, 2.24) is 9.97 Å². The maximum absolute atomic E-state index is 13.0. The molecular weight excluding hydrogens is 473 g/mol. The number of nitrogens with zero attached hydrogens (tertiary/aromatic N) is 2. The van der Waals surface area contributed by atoms with Crippen molar-refractivity contribution in [3.05, 3.63) is 88.7 Å². The van der Waals surface area contributed by atoms with Crippen LogP contribution in [0, 0.1) is 6.92 Å². The number of rotatable bonds is 5. The van der Waals surface area contributed by atoms with Crippen molar-refractivity contribution in [2.45, 2.75) is 13.1 Å². The van der Waals surface area contributed by atoms with Crippen LogP contribution < -0.4 is 10.6 Å². The molecule has 4 rings (SSSR count). The van der Waals surface area contributed by atoms with E-state index in [2.05, 4.69) is 20.6 Å². The summed E-state index contributed by atoms with van der Waals surface area (Å²) in [5.41, 5.74) is 1.38. The number of benzene rings is 2. The van der Waals surface area contributed by atoms with Gasteiger partial charge in [-0.3, -0.25) is 10.1 Å². The molecule has 0 radical (unpaired) electrons. The van der Waals surface area contributed by atoms with E-state index in [4.69, 9.17) is 11.6 Å². The molecule has 0 atom stereocenters. The number of pyridine rings is 1.